The molecule has 1 heterocycles. The first kappa shape index (κ1) is 7.59. The Labute approximate surface area is 72.6 Å². The number of hydrogen-bond acceptors (Lipinski definition) is 1. The highest BCUT2D eigenvalue weighted by Crippen LogP contribution is 2.32. The quantitative estimate of drug-likeness (QED) is 0.575. The first-order chi connectivity index (χ1) is 5.83. The van der Waals surface area contributed by atoms with Crippen molar-refractivity contribution in [2.45, 2.75) is 18.9 Å². The molecule has 2 nitrogen and oxygen atoms in total. The Hall–Kier alpha value is -1.05. The zero-order valence-corrected chi connectivity index (χ0v) is 7.07. The standard InChI is InChI=1S/C10H13NO/c1-2-3-6-11-9-5-4-8(7-9)10(11)12/h2,4-5,8-9H,1,3,6-7H2/t8-,9+/m0/s1. The van der Waals surface area contributed by atoms with Gasteiger partial charge in [0.2, 0.25) is 5.91 Å². The van der Waals surface area contributed by atoms with Crippen LogP contribution in [-0.2, 0) is 4.79 Å². The Morgan fingerprint density at radius 1 is 1.67 bits per heavy atom. The van der Waals surface area contributed by atoms with E-state index in [4.69, 9.17) is 0 Å². The summed E-state index contributed by atoms with van der Waals surface area (Å²) in [6.07, 6.45) is 7.97. The Morgan fingerprint density at radius 3 is 3.08 bits per heavy atom. The molecule has 0 unspecified atom stereocenters. The summed E-state index contributed by atoms with van der Waals surface area (Å²) in [6, 6.07) is 0.391. The van der Waals surface area contributed by atoms with Gasteiger partial charge < -0.3 is 4.90 Å². The molecule has 0 aromatic rings. The molecule has 2 heteroatoms. The highest BCUT2D eigenvalue weighted by Gasteiger charge is 2.39. The fourth-order valence-electron chi connectivity index (χ4n) is 1.98. The second kappa shape index (κ2) is 2.77. The van der Waals surface area contributed by atoms with Gasteiger partial charge in [-0.3, -0.25) is 4.79 Å². The van der Waals surface area contributed by atoms with E-state index in [9.17, 15) is 4.79 Å². The number of likely N-dealkylation sites (tertiary alicyclic amines) is 1. The van der Waals surface area contributed by atoms with Crippen molar-refractivity contribution < 1.29 is 4.79 Å². The van der Waals surface area contributed by atoms with Gasteiger partial charge in [0.1, 0.15) is 0 Å². The largest absolute Gasteiger partial charge is 0.335 e. The van der Waals surface area contributed by atoms with Crippen molar-refractivity contribution in [2.75, 3.05) is 6.54 Å². The van der Waals surface area contributed by atoms with Gasteiger partial charge in [0.15, 0.2) is 0 Å². The van der Waals surface area contributed by atoms with Crippen LogP contribution >= 0.6 is 0 Å². The second-order valence-electron chi connectivity index (χ2n) is 3.40. The molecule has 2 aliphatic rings. The molecule has 1 aliphatic heterocycles. The highest BCUT2D eigenvalue weighted by atomic mass is 16.2. The fraction of sp³-hybridized carbons (Fsp3) is 0.500. The Balaban J connectivity index is 2.03. The van der Waals surface area contributed by atoms with Crippen LogP contribution in [0, 0.1) is 5.92 Å². The maximum atomic E-state index is 11.5. The number of carbonyl (C=O) groups is 1. The van der Waals surface area contributed by atoms with Gasteiger partial charge in [0, 0.05) is 6.54 Å². The van der Waals surface area contributed by atoms with Gasteiger partial charge in [0.25, 0.3) is 0 Å². The summed E-state index contributed by atoms with van der Waals surface area (Å²) in [5.41, 5.74) is 0. The first-order valence-corrected chi connectivity index (χ1v) is 4.42. The van der Waals surface area contributed by atoms with Crippen LogP contribution in [0.3, 0.4) is 0 Å². The van der Waals surface area contributed by atoms with Crippen LogP contribution < -0.4 is 0 Å². The number of hydrogen-bond donors (Lipinski definition) is 0. The molecule has 1 fully saturated rings. The van der Waals surface area contributed by atoms with Gasteiger partial charge in [-0.05, 0) is 12.8 Å². The lowest BCUT2D eigenvalue weighted by Crippen LogP contribution is -2.35. The number of fused-ring (bicyclic) bond motifs is 2. The van der Waals surface area contributed by atoms with E-state index in [0.717, 1.165) is 19.4 Å². The van der Waals surface area contributed by atoms with Crippen LogP contribution in [0.1, 0.15) is 12.8 Å². The maximum absolute atomic E-state index is 11.5. The van der Waals surface area contributed by atoms with E-state index in [1.165, 1.54) is 0 Å². The zero-order valence-electron chi connectivity index (χ0n) is 7.07. The molecule has 12 heavy (non-hydrogen) atoms. The normalized spacial score (nSPS) is 31.7. The van der Waals surface area contributed by atoms with E-state index < -0.39 is 0 Å². The van der Waals surface area contributed by atoms with Gasteiger partial charge in [-0.1, -0.05) is 18.2 Å². The monoisotopic (exact) mass is 163 g/mol. The predicted molar refractivity (Wildman–Crippen MR) is 47.6 cm³/mol. The minimum absolute atomic E-state index is 0.194. The topological polar surface area (TPSA) is 20.3 Å². The molecule has 2 rings (SSSR count). The van der Waals surface area contributed by atoms with Crippen molar-refractivity contribution in [1.82, 2.24) is 4.90 Å². The van der Waals surface area contributed by atoms with Crippen molar-refractivity contribution in [3.63, 3.8) is 0 Å². The summed E-state index contributed by atoms with van der Waals surface area (Å²) in [5.74, 6) is 0.504. The summed E-state index contributed by atoms with van der Waals surface area (Å²) >= 11 is 0. The average Bonchev–Trinajstić information content (AvgIpc) is 2.62. The molecule has 1 saturated heterocycles. The van der Waals surface area contributed by atoms with Gasteiger partial charge in [-0.25, -0.2) is 0 Å². The second-order valence-corrected chi connectivity index (χ2v) is 3.40. The van der Waals surface area contributed by atoms with Crippen LogP contribution in [-0.4, -0.2) is 23.4 Å². The molecular formula is C10H13NO. The minimum Gasteiger partial charge on any atom is -0.335 e. The summed E-state index contributed by atoms with van der Waals surface area (Å²) in [5, 5.41) is 0. The molecule has 64 valence electrons. The summed E-state index contributed by atoms with van der Waals surface area (Å²) in [4.78, 5) is 13.5. The molecular weight excluding hydrogens is 150 g/mol. The van der Waals surface area contributed by atoms with E-state index >= 15 is 0 Å². The molecule has 0 radical (unpaired) electrons. The molecule has 1 amide bonds. The predicted octanol–water partition coefficient (Wildman–Crippen LogP) is 1.35. The fourth-order valence-corrected chi connectivity index (χ4v) is 1.98. The lowest BCUT2D eigenvalue weighted by molar-refractivity contribution is -0.130. The third-order valence-corrected chi connectivity index (χ3v) is 2.64. The van der Waals surface area contributed by atoms with Crippen LogP contribution in [0.5, 0.6) is 0 Å². The first-order valence-electron chi connectivity index (χ1n) is 4.42. The van der Waals surface area contributed by atoms with E-state index in [1.54, 1.807) is 0 Å². The van der Waals surface area contributed by atoms with Crippen molar-refractivity contribution in [3.8, 4) is 0 Å². The number of rotatable bonds is 3. The third-order valence-electron chi connectivity index (χ3n) is 2.64. The molecule has 2 atom stereocenters. The highest BCUT2D eigenvalue weighted by molar-refractivity contribution is 5.85. The van der Waals surface area contributed by atoms with Crippen molar-refractivity contribution >= 4 is 5.91 Å². The Kier molecular flexibility index (Phi) is 1.75. The zero-order chi connectivity index (χ0) is 8.55. The van der Waals surface area contributed by atoms with Crippen molar-refractivity contribution in [3.05, 3.63) is 24.8 Å². The molecule has 0 saturated carbocycles. The summed E-state index contributed by atoms with van der Waals surface area (Å²) < 4.78 is 0. The average molecular weight is 163 g/mol. The van der Waals surface area contributed by atoms with Crippen molar-refractivity contribution in [1.29, 1.82) is 0 Å². The molecule has 0 N–H and O–H groups in total. The Morgan fingerprint density at radius 2 is 2.50 bits per heavy atom. The summed E-state index contributed by atoms with van der Waals surface area (Å²) in [6.45, 7) is 4.49. The molecule has 0 aromatic carbocycles. The van der Waals surface area contributed by atoms with Gasteiger partial charge in [-0.15, -0.1) is 6.58 Å². The maximum Gasteiger partial charge on any atom is 0.230 e. The summed E-state index contributed by atoms with van der Waals surface area (Å²) in [7, 11) is 0. The number of amides is 1. The number of nitrogens with zero attached hydrogens (tertiary/aromatic N) is 1. The molecule has 0 spiro atoms. The third kappa shape index (κ3) is 0.986. The molecule has 2 bridgehead atoms. The van der Waals surface area contributed by atoms with Gasteiger partial charge >= 0.3 is 0 Å². The lowest BCUT2D eigenvalue weighted by atomic mass is 10.1. The van der Waals surface area contributed by atoms with E-state index in [0.29, 0.717) is 11.9 Å². The number of carbonyl (C=O) groups excluding carboxylic acids is 1. The van der Waals surface area contributed by atoms with Crippen LogP contribution in [0.25, 0.3) is 0 Å². The van der Waals surface area contributed by atoms with Crippen LogP contribution in [0.2, 0.25) is 0 Å². The van der Waals surface area contributed by atoms with E-state index in [-0.39, 0.29) is 5.92 Å². The van der Waals surface area contributed by atoms with Crippen LogP contribution in [0.15, 0.2) is 24.8 Å². The van der Waals surface area contributed by atoms with E-state index in [2.05, 4.69) is 12.7 Å². The van der Waals surface area contributed by atoms with Gasteiger partial charge in [-0.2, -0.15) is 0 Å². The van der Waals surface area contributed by atoms with Crippen molar-refractivity contribution in [2.24, 2.45) is 5.92 Å². The van der Waals surface area contributed by atoms with Gasteiger partial charge in [0.05, 0.1) is 12.0 Å². The SMILES string of the molecule is C=CCCN1C(=O)[C@H]2C=C[C@@H]1C2. The molecule has 0 aromatic heterocycles. The smallest absolute Gasteiger partial charge is 0.230 e. The molecule has 1 aliphatic carbocycles. The van der Waals surface area contributed by atoms with Crippen LogP contribution in [0.4, 0.5) is 0 Å². The Bertz CT molecular complexity index is 244. The lowest BCUT2D eigenvalue weighted by Gasteiger charge is -2.23. The minimum atomic E-state index is 0.194. The van der Waals surface area contributed by atoms with E-state index in [1.807, 2.05) is 17.1 Å².